The lowest BCUT2D eigenvalue weighted by Gasteiger charge is -2.45. The highest BCUT2D eigenvalue weighted by atomic mass is 35.5. The van der Waals surface area contributed by atoms with Crippen molar-refractivity contribution >= 4 is 24.1 Å². The predicted octanol–water partition coefficient (Wildman–Crippen LogP) is 3.71. The van der Waals surface area contributed by atoms with E-state index < -0.39 is 0 Å². The first-order valence-corrected chi connectivity index (χ1v) is 9.59. The first-order valence-electron chi connectivity index (χ1n) is 9.59. The lowest BCUT2D eigenvalue weighted by atomic mass is 9.67. The summed E-state index contributed by atoms with van der Waals surface area (Å²) in [7, 11) is 0. The van der Waals surface area contributed by atoms with E-state index in [1.807, 2.05) is 32.0 Å². The Morgan fingerprint density at radius 3 is 2.42 bits per heavy atom. The van der Waals surface area contributed by atoms with Crippen LogP contribution in [-0.4, -0.2) is 23.8 Å². The molecule has 2 saturated carbocycles. The molecule has 1 aromatic carbocycles. The van der Waals surface area contributed by atoms with Crippen LogP contribution in [0.4, 0.5) is 0 Å². The van der Waals surface area contributed by atoms with Gasteiger partial charge in [0.15, 0.2) is 5.78 Å². The maximum atomic E-state index is 12.5. The summed E-state index contributed by atoms with van der Waals surface area (Å²) in [6.45, 7) is 3.93. The number of amides is 1. The summed E-state index contributed by atoms with van der Waals surface area (Å²) in [5.74, 6) is 1.10. The van der Waals surface area contributed by atoms with E-state index in [4.69, 9.17) is 5.73 Å². The van der Waals surface area contributed by atoms with Crippen molar-refractivity contribution in [2.24, 2.45) is 17.6 Å². The summed E-state index contributed by atoms with van der Waals surface area (Å²) in [6.07, 6.45) is 6.16. The Bertz CT molecular complexity index is 647. The van der Waals surface area contributed by atoms with E-state index in [0.29, 0.717) is 11.8 Å². The van der Waals surface area contributed by atoms with E-state index >= 15 is 0 Å². The lowest BCUT2D eigenvalue weighted by Crippen LogP contribution is -2.53. The Balaban J connectivity index is 0.00000243. The van der Waals surface area contributed by atoms with E-state index in [0.717, 1.165) is 42.4 Å². The fourth-order valence-electron chi connectivity index (χ4n) is 4.68. The van der Waals surface area contributed by atoms with Gasteiger partial charge in [-0.1, -0.05) is 24.1 Å². The van der Waals surface area contributed by atoms with Gasteiger partial charge < -0.3 is 11.1 Å². The zero-order valence-electron chi connectivity index (χ0n) is 15.8. The van der Waals surface area contributed by atoms with Crippen LogP contribution in [0.1, 0.15) is 66.4 Å². The molecule has 2 aliphatic carbocycles. The summed E-state index contributed by atoms with van der Waals surface area (Å²) in [5.41, 5.74) is 8.95. The van der Waals surface area contributed by atoms with Gasteiger partial charge in [0.1, 0.15) is 0 Å². The molecule has 0 spiro atoms. The molecule has 1 amide bonds. The van der Waals surface area contributed by atoms with Crippen molar-refractivity contribution < 1.29 is 9.59 Å². The average Bonchev–Trinajstić information content (AvgIpc) is 2.55. The molecule has 3 N–H and O–H groups in total. The highest BCUT2D eigenvalue weighted by Crippen LogP contribution is 2.39. The van der Waals surface area contributed by atoms with Crippen LogP contribution in [0.15, 0.2) is 18.2 Å². The van der Waals surface area contributed by atoms with E-state index in [9.17, 15) is 9.59 Å². The van der Waals surface area contributed by atoms with Gasteiger partial charge in [-0.2, -0.15) is 0 Å². The Morgan fingerprint density at radius 1 is 1.12 bits per heavy atom. The maximum Gasteiger partial charge on any atom is 0.220 e. The molecule has 4 nitrogen and oxygen atoms in total. The minimum atomic E-state index is 0. The normalized spacial score (nSPS) is 27.3. The molecule has 0 saturated heterocycles. The number of nitrogens with one attached hydrogen (secondary N) is 1. The summed E-state index contributed by atoms with van der Waals surface area (Å²) in [4.78, 5) is 24.9. The van der Waals surface area contributed by atoms with Crippen molar-refractivity contribution in [3.05, 3.63) is 34.9 Å². The molecule has 1 aromatic rings. The molecule has 2 bridgehead atoms. The molecule has 2 fully saturated rings. The summed E-state index contributed by atoms with van der Waals surface area (Å²) >= 11 is 0. The van der Waals surface area contributed by atoms with Crippen LogP contribution in [0.5, 0.6) is 0 Å². The van der Waals surface area contributed by atoms with Crippen molar-refractivity contribution in [3.63, 3.8) is 0 Å². The van der Waals surface area contributed by atoms with E-state index in [1.165, 1.54) is 6.42 Å². The van der Waals surface area contributed by atoms with Gasteiger partial charge in [0.2, 0.25) is 5.91 Å². The van der Waals surface area contributed by atoms with Crippen molar-refractivity contribution in [2.45, 2.75) is 70.9 Å². The molecule has 2 atom stereocenters. The molecular weight excluding hydrogens is 348 g/mol. The Hall–Kier alpha value is -1.39. The number of fused-ring (bicyclic) bond motifs is 2. The van der Waals surface area contributed by atoms with Crippen LogP contribution in [0.2, 0.25) is 0 Å². The lowest BCUT2D eigenvalue weighted by molar-refractivity contribution is -0.123. The number of Topliss-reactive ketones (excluding diaryl/α,β-unsaturated/α-hetero) is 1. The highest BCUT2D eigenvalue weighted by Gasteiger charge is 2.39. The zero-order chi connectivity index (χ0) is 18.0. The van der Waals surface area contributed by atoms with Crippen LogP contribution < -0.4 is 11.1 Å². The second-order valence-electron chi connectivity index (χ2n) is 8.02. The van der Waals surface area contributed by atoms with Gasteiger partial charge in [0.25, 0.3) is 0 Å². The minimum absolute atomic E-state index is 0. The third-order valence-electron chi connectivity index (χ3n) is 5.98. The monoisotopic (exact) mass is 378 g/mol. The third kappa shape index (κ3) is 4.86. The summed E-state index contributed by atoms with van der Waals surface area (Å²) < 4.78 is 0. The number of hydrogen-bond donors (Lipinski definition) is 2. The molecule has 3 rings (SSSR count). The Morgan fingerprint density at radius 2 is 1.77 bits per heavy atom. The predicted molar refractivity (Wildman–Crippen MR) is 107 cm³/mol. The number of ketones is 1. The highest BCUT2D eigenvalue weighted by molar-refractivity contribution is 5.99. The molecule has 26 heavy (non-hydrogen) atoms. The van der Waals surface area contributed by atoms with E-state index in [1.54, 1.807) is 0 Å². The van der Waals surface area contributed by atoms with Gasteiger partial charge in [-0.05, 0) is 63.0 Å². The van der Waals surface area contributed by atoms with E-state index in [-0.39, 0.29) is 49.0 Å². The number of nitrogens with two attached hydrogens (primary N) is 1. The van der Waals surface area contributed by atoms with Crippen LogP contribution in [0.3, 0.4) is 0 Å². The Kier molecular flexibility index (Phi) is 7.24. The van der Waals surface area contributed by atoms with Gasteiger partial charge in [0, 0.05) is 30.5 Å². The molecule has 0 aromatic heterocycles. The van der Waals surface area contributed by atoms with Gasteiger partial charge >= 0.3 is 0 Å². The first kappa shape index (κ1) is 20.9. The van der Waals surface area contributed by atoms with Crippen molar-refractivity contribution in [3.8, 4) is 0 Å². The van der Waals surface area contributed by atoms with E-state index in [2.05, 4.69) is 5.32 Å². The number of carbonyl (C=O) groups is 2. The van der Waals surface area contributed by atoms with Crippen molar-refractivity contribution in [1.29, 1.82) is 0 Å². The van der Waals surface area contributed by atoms with Gasteiger partial charge in [0.05, 0.1) is 0 Å². The zero-order valence-corrected chi connectivity index (χ0v) is 16.6. The number of halogens is 1. The molecule has 2 unspecified atom stereocenters. The smallest absolute Gasteiger partial charge is 0.220 e. The topological polar surface area (TPSA) is 72.2 Å². The number of rotatable bonds is 5. The first-order chi connectivity index (χ1) is 11.9. The minimum Gasteiger partial charge on any atom is -0.353 e. The van der Waals surface area contributed by atoms with Crippen molar-refractivity contribution in [2.75, 3.05) is 0 Å². The quantitative estimate of drug-likeness (QED) is 0.767. The molecule has 144 valence electrons. The fraction of sp³-hybridized carbons (Fsp3) is 0.619. The number of carbonyl (C=O) groups excluding carboxylic acids is 2. The average molecular weight is 379 g/mol. The molecule has 2 aliphatic rings. The second-order valence-corrected chi connectivity index (χ2v) is 8.02. The largest absolute Gasteiger partial charge is 0.353 e. The van der Waals surface area contributed by atoms with Crippen LogP contribution >= 0.6 is 12.4 Å². The SMILES string of the molecule is Cc1ccc(C)c(C(=O)CCC(=O)NC2C3CCCC2CC(N)C3)c1.Cl. The summed E-state index contributed by atoms with van der Waals surface area (Å²) in [6, 6.07) is 6.44. The maximum absolute atomic E-state index is 12.5. The van der Waals surface area contributed by atoms with Crippen molar-refractivity contribution in [1.82, 2.24) is 5.32 Å². The summed E-state index contributed by atoms with van der Waals surface area (Å²) in [5, 5.41) is 3.23. The van der Waals surface area contributed by atoms with Crippen LogP contribution in [-0.2, 0) is 4.79 Å². The molecule has 0 aliphatic heterocycles. The molecule has 5 heteroatoms. The number of aryl methyl sites for hydroxylation is 2. The number of hydrogen-bond acceptors (Lipinski definition) is 3. The molecular formula is C21H31ClN2O2. The Labute approximate surface area is 162 Å². The molecule has 0 heterocycles. The fourth-order valence-corrected chi connectivity index (χ4v) is 4.68. The van der Waals surface area contributed by atoms with Gasteiger partial charge in [-0.3, -0.25) is 9.59 Å². The third-order valence-corrected chi connectivity index (χ3v) is 5.98. The van der Waals surface area contributed by atoms with Crippen LogP contribution in [0, 0.1) is 25.7 Å². The number of benzene rings is 1. The standard InChI is InChI=1S/C21H30N2O2.ClH/c1-13-6-7-14(2)18(10-13)19(24)8-9-20(25)23-21-15-4-3-5-16(21)12-17(22)11-15;/h6-7,10,15-17,21H,3-5,8-9,11-12,22H2,1-2H3,(H,23,25);1H. The second kappa shape index (κ2) is 9.01. The van der Waals surface area contributed by atoms with Gasteiger partial charge in [-0.15, -0.1) is 12.4 Å². The van der Waals surface area contributed by atoms with Gasteiger partial charge in [-0.25, -0.2) is 0 Å². The molecule has 0 radical (unpaired) electrons. The van der Waals surface area contributed by atoms with Crippen LogP contribution in [0.25, 0.3) is 0 Å².